The Balaban J connectivity index is 1.71. The molecule has 1 aromatic rings. The van der Waals surface area contributed by atoms with Crippen LogP contribution in [-0.2, 0) is 14.8 Å². The highest BCUT2D eigenvalue weighted by atomic mass is 35.5. The summed E-state index contributed by atoms with van der Waals surface area (Å²) in [6.07, 6.45) is 3.42. The number of piperidine rings is 2. The number of halogens is 1. The molecule has 2 heterocycles. The van der Waals surface area contributed by atoms with E-state index in [1.165, 1.54) is 10.4 Å². The number of hydrogen-bond acceptors (Lipinski definition) is 3. The van der Waals surface area contributed by atoms with Gasteiger partial charge in [0.05, 0.1) is 10.9 Å². The molecule has 1 amide bonds. The van der Waals surface area contributed by atoms with E-state index in [1.807, 2.05) is 4.90 Å². The summed E-state index contributed by atoms with van der Waals surface area (Å²) in [5, 5.41) is 0.221. The van der Waals surface area contributed by atoms with E-state index in [0.717, 1.165) is 32.4 Å². The minimum atomic E-state index is -3.68. The molecule has 7 heteroatoms. The van der Waals surface area contributed by atoms with Gasteiger partial charge in [-0.1, -0.05) is 37.6 Å². The quantitative estimate of drug-likeness (QED) is 0.784. The van der Waals surface area contributed by atoms with Crippen LogP contribution in [-0.4, -0.2) is 49.7 Å². The van der Waals surface area contributed by atoms with Crippen molar-refractivity contribution in [3.05, 3.63) is 29.3 Å². The van der Waals surface area contributed by atoms with Crippen LogP contribution in [0.15, 0.2) is 29.2 Å². The van der Waals surface area contributed by atoms with Crippen LogP contribution in [0.3, 0.4) is 0 Å². The van der Waals surface area contributed by atoms with Gasteiger partial charge < -0.3 is 4.90 Å². The molecule has 2 aliphatic heterocycles. The van der Waals surface area contributed by atoms with Gasteiger partial charge in [-0.3, -0.25) is 4.79 Å². The maximum Gasteiger partial charge on any atom is 0.244 e. The largest absolute Gasteiger partial charge is 0.342 e. The molecule has 0 radical (unpaired) electrons. The lowest BCUT2D eigenvalue weighted by atomic mass is 9.82. The second-order valence-corrected chi connectivity index (χ2v) is 10.4. The van der Waals surface area contributed by atoms with Crippen molar-refractivity contribution in [2.24, 2.45) is 11.3 Å². The zero-order chi connectivity index (χ0) is 18.9. The van der Waals surface area contributed by atoms with Crippen LogP contribution in [0, 0.1) is 11.3 Å². The van der Waals surface area contributed by atoms with Crippen molar-refractivity contribution in [2.75, 3.05) is 26.2 Å². The highest BCUT2D eigenvalue weighted by Gasteiger charge is 2.37. The van der Waals surface area contributed by atoms with Crippen molar-refractivity contribution in [1.29, 1.82) is 0 Å². The number of likely N-dealkylation sites (tertiary alicyclic amines) is 1. The highest BCUT2D eigenvalue weighted by molar-refractivity contribution is 7.89. The van der Waals surface area contributed by atoms with Gasteiger partial charge in [-0.25, -0.2) is 8.42 Å². The van der Waals surface area contributed by atoms with Crippen molar-refractivity contribution in [2.45, 2.75) is 44.4 Å². The number of carbonyl (C=O) groups excluding carboxylic acids is 1. The normalized spacial score (nSPS) is 24.4. The van der Waals surface area contributed by atoms with E-state index in [9.17, 15) is 13.2 Å². The Kier molecular flexibility index (Phi) is 5.66. The molecular weight excluding hydrogens is 372 g/mol. The number of sulfonamides is 1. The van der Waals surface area contributed by atoms with E-state index in [0.29, 0.717) is 13.0 Å². The zero-order valence-corrected chi connectivity index (χ0v) is 17.0. The first-order valence-electron chi connectivity index (χ1n) is 9.24. The van der Waals surface area contributed by atoms with Crippen LogP contribution in [0.4, 0.5) is 0 Å². The van der Waals surface area contributed by atoms with Gasteiger partial charge in [-0.2, -0.15) is 4.31 Å². The third kappa shape index (κ3) is 4.07. The minimum absolute atomic E-state index is 0.0968. The topological polar surface area (TPSA) is 57.7 Å². The van der Waals surface area contributed by atoms with Crippen molar-refractivity contribution in [3.63, 3.8) is 0 Å². The van der Waals surface area contributed by atoms with Crippen molar-refractivity contribution in [3.8, 4) is 0 Å². The number of nitrogens with zero attached hydrogens (tertiary/aromatic N) is 2. The summed E-state index contributed by atoms with van der Waals surface area (Å²) in [5.41, 5.74) is 0.281. The summed E-state index contributed by atoms with van der Waals surface area (Å²) in [6.45, 7) is 6.66. The number of carbonyl (C=O) groups is 1. The Morgan fingerprint density at radius 3 is 2.46 bits per heavy atom. The monoisotopic (exact) mass is 398 g/mol. The lowest BCUT2D eigenvalue weighted by Crippen LogP contribution is -2.49. The maximum atomic E-state index is 13.0. The second-order valence-electron chi connectivity index (χ2n) is 8.12. The summed E-state index contributed by atoms with van der Waals surface area (Å²) in [6, 6.07) is 6.48. The van der Waals surface area contributed by atoms with Gasteiger partial charge >= 0.3 is 0 Å². The first kappa shape index (κ1) is 19.6. The van der Waals surface area contributed by atoms with Crippen molar-refractivity contribution in [1.82, 2.24) is 9.21 Å². The van der Waals surface area contributed by atoms with Gasteiger partial charge in [0.2, 0.25) is 15.9 Å². The van der Waals surface area contributed by atoms with E-state index in [2.05, 4.69) is 13.8 Å². The van der Waals surface area contributed by atoms with E-state index in [1.54, 1.807) is 18.2 Å². The third-order valence-corrected chi connectivity index (χ3v) is 7.98. The SMILES string of the molecule is CC1(C)CCN(C(=O)C2CCCN(S(=O)(=O)c3ccccc3Cl)C2)CC1. The van der Waals surface area contributed by atoms with Gasteiger partial charge in [0.25, 0.3) is 0 Å². The molecular formula is C19H27ClN2O3S. The highest BCUT2D eigenvalue weighted by Crippen LogP contribution is 2.32. The van der Waals surface area contributed by atoms with Crippen LogP contribution in [0.5, 0.6) is 0 Å². The molecule has 0 saturated carbocycles. The lowest BCUT2D eigenvalue weighted by molar-refractivity contribution is -0.138. The van der Waals surface area contributed by atoms with Gasteiger partial charge in [0.15, 0.2) is 0 Å². The molecule has 144 valence electrons. The summed E-state index contributed by atoms with van der Waals surface area (Å²) in [4.78, 5) is 15.0. The second kappa shape index (κ2) is 7.49. The fraction of sp³-hybridized carbons (Fsp3) is 0.632. The van der Waals surface area contributed by atoms with Gasteiger partial charge in [-0.15, -0.1) is 0 Å². The molecule has 0 N–H and O–H groups in total. The molecule has 2 fully saturated rings. The predicted octanol–water partition coefficient (Wildman–Crippen LogP) is 3.39. The number of amides is 1. The fourth-order valence-electron chi connectivity index (χ4n) is 3.75. The van der Waals surface area contributed by atoms with E-state index >= 15 is 0 Å². The summed E-state index contributed by atoms with van der Waals surface area (Å²) >= 11 is 6.09. The molecule has 0 aromatic heterocycles. The Bertz CT molecular complexity index is 769. The average Bonchev–Trinajstić information content (AvgIpc) is 2.61. The summed E-state index contributed by atoms with van der Waals surface area (Å²) in [7, 11) is -3.68. The number of benzene rings is 1. The predicted molar refractivity (Wildman–Crippen MR) is 103 cm³/mol. The van der Waals surface area contributed by atoms with Crippen LogP contribution in [0.1, 0.15) is 39.5 Å². The van der Waals surface area contributed by atoms with E-state index in [4.69, 9.17) is 11.6 Å². The number of rotatable bonds is 3. The Hall–Kier alpha value is -1.11. The average molecular weight is 399 g/mol. The molecule has 1 unspecified atom stereocenters. The fourth-order valence-corrected chi connectivity index (χ4v) is 5.76. The molecule has 26 heavy (non-hydrogen) atoms. The van der Waals surface area contributed by atoms with Crippen LogP contribution in [0.25, 0.3) is 0 Å². The minimum Gasteiger partial charge on any atom is -0.342 e. The smallest absolute Gasteiger partial charge is 0.244 e. The lowest BCUT2D eigenvalue weighted by Gasteiger charge is -2.40. The van der Waals surface area contributed by atoms with Crippen molar-refractivity contribution < 1.29 is 13.2 Å². The molecule has 1 atom stereocenters. The summed E-state index contributed by atoms with van der Waals surface area (Å²) in [5.74, 6) is -0.165. The van der Waals surface area contributed by atoms with Gasteiger partial charge in [-0.05, 0) is 43.2 Å². The molecule has 0 spiro atoms. The molecule has 0 bridgehead atoms. The van der Waals surface area contributed by atoms with Crippen LogP contribution >= 0.6 is 11.6 Å². The molecule has 1 aromatic carbocycles. The maximum absolute atomic E-state index is 13.0. The first-order chi connectivity index (χ1) is 12.2. The third-order valence-electron chi connectivity index (χ3n) is 5.62. The summed E-state index contributed by atoms with van der Waals surface area (Å²) < 4.78 is 27.3. The molecule has 2 saturated heterocycles. The Labute approximate surface area is 161 Å². The zero-order valence-electron chi connectivity index (χ0n) is 15.4. The van der Waals surface area contributed by atoms with Crippen molar-refractivity contribution >= 4 is 27.5 Å². The molecule has 3 rings (SSSR count). The Morgan fingerprint density at radius 1 is 1.15 bits per heavy atom. The standard InChI is InChI=1S/C19H27ClN2O3S/c1-19(2)9-12-21(13-10-19)18(23)15-6-5-11-22(14-15)26(24,25)17-8-4-3-7-16(17)20/h3-4,7-8,15H,5-6,9-14H2,1-2H3. The first-order valence-corrected chi connectivity index (χ1v) is 11.1. The Morgan fingerprint density at radius 2 is 1.81 bits per heavy atom. The van der Waals surface area contributed by atoms with Crippen LogP contribution < -0.4 is 0 Å². The van der Waals surface area contributed by atoms with Crippen LogP contribution in [0.2, 0.25) is 5.02 Å². The van der Waals surface area contributed by atoms with Gasteiger partial charge in [0.1, 0.15) is 4.90 Å². The van der Waals surface area contributed by atoms with E-state index < -0.39 is 10.0 Å². The van der Waals surface area contributed by atoms with Gasteiger partial charge in [0, 0.05) is 26.2 Å². The van der Waals surface area contributed by atoms with E-state index in [-0.39, 0.29) is 33.7 Å². The number of hydrogen-bond donors (Lipinski definition) is 0. The molecule has 0 aliphatic carbocycles. The molecule has 2 aliphatic rings. The molecule has 5 nitrogen and oxygen atoms in total.